The van der Waals surface area contributed by atoms with Gasteiger partial charge < -0.3 is 15.5 Å². The molecule has 1 amide bonds. The van der Waals surface area contributed by atoms with Crippen molar-refractivity contribution in [2.75, 3.05) is 27.7 Å². The van der Waals surface area contributed by atoms with Gasteiger partial charge in [-0.2, -0.15) is 5.10 Å². The molecule has 0 aliphatic rings. The summed E-state index contributed by atoms with van der Waals surface area (Å²) in [6.07, 6.45) is 4.04. The third kappa shape index (κ3) is 7.59. The number of rotatable bonds is 8. The van der Waals surface area contributed by atoms with E-state index < -0.39 is 0 Å². The van der Waals surface area contributed by atoms with Crippen LogP contribution in [0.25, 0.3) is 5.69 Å². The SMILES string of the molecule is CN=C(NCCCc1cn(-c2ccccc2)nc1C)NCc1ccc(C(=O)N(C)C)cc1.I. The third-order valence-electron chi connectivity index (χ3n) is 5.23. The van der Waals surface area contributed by atoms with E-state index in [-0.39, 0.29) is 29.9 Å². The fraction of sp³-hybridized carbons (Fsp3) is 0.320. The Morgan fingerprint density at radius 2 is 1.76 bits per heavy atom. The minimum atomic E-state index is 0. The van der Waals surface area contributed by atoms with Crippen molar-refractivity contribution in [1.82, 2.24) is 25.3 Å². The van der Waals surface area contributed by atoms with E-state index in [0.29, 0.717) is 12.1 Å². The van der Waals surface area contributed by atoms with Crippen molar-refractivity contribution in [1.29, 1.82) is 0 Å². The van der Waals surface area contributed by atoms with Gasteiger partial charge in [-0.05, 0) is 55.2 Å². The topological polar surface area (TPSA) is 74.5 Å². The molecule has 1 heterocycles. The van der Waals surface area contributed by atoms with Crippen LogP contribution < -0.4 is 10.6 Å². The molecular weight excluding hydrogens is 527 g/mol. The van der Waals surface area contributed by atoms with Crippen molar-refractivity contribution in [3.05, 3.63) is 83.2 Å². The van der Waals surface area contributed by atoms with Crippen LogP contribution in [0.1, 0.15) is 33.6 Å². The van der Waals surface area contributed by atoms with E-state index in [1.807, 2.05) is 47.1 Å². The van der Waals surface area contributed by atoms with E-state index in [1.165, 1.54) is 5.56 Å². The molecule has 0 saturated carbocycles. The maximum Gasteiger partial charge on any atom is 0.253 e. The first-order chi connectivity index (χ1) is 15.5. The average molecular weight is 560 g/mol. The minimum absolute atomic E-state index is 0. The molecular formula is C25H33IN6O. The van der Waals surface area contributed by atoms with Gasteiger partial charge in [0.2, 0.25) is 0 Å². The lowest BCUT2D eigenvalue weighted by Gasteiger charge is -2.13. The number of benzene rings is 2. The summed E-state index contributed by atoms with van der Waals surface area (Å²) in [7, 11) is 5.27. The lowest BCUT2D eigenvalue weighted by atomic mass is 10.1. The van der Waals surface area contributed by atoms with Crippen LogP contribution in [0.15, 0.2) is 65.8 Å². The number of nitrogens with zero attached hydrogens (tertiary/aromatic N) is 4. The van der Waals surface area contributed by atoms with Crippen LogP contribution >= 0.6 is 24.0 Å². The number of hydrogen-bond donors (Lipinski definition) is 2. The fourth-order valence-electron chi connectivity index (χ4n) is 3.37. The monoisotopic (exact) mass is 560 g/mol. The summed E-state index contributed by atoms with van der Waals surface area (Å²) < 4.78 is 1.94. The first-order valence-electron chi connectivity index (χ1n) is 10.8. The molecule has 8 heteroatoms. The van der Waals surface area contributed by atoms with Crippen molar-refractivity contribution < 1.29 is 4.79 Å². The van der Waals surface area contributed by atoms with Crippen molar-refractivity contribution >= 4 is 35.8 Å². The molecule has 0 radical (unpaired) electrons. The first-order valence-corrected chi connectivity index (χ1v) is 10.8. The number of halogens is 1. The van der Waals surface area contributed by atoms with E-state index >= 15 is 0 Å². The van der Waals surface area contributed by atoms with Gasteiger partial charge in [0.05, 0.1) is 11.4 Å². The Balaban J connectivity index is 0.00000385. The molecule has 33 heavy (non-hydrogen) atoms. The van der Waals surface area contributed by atoms with Crippen molar-refractivity contribution in [2.24, 2.45) is 4.99 Å². The van der Waals surface area contributed by atoms with Crippen LogP contribution in [0.2, 0.25) is 0 Å². The largest absolute Gasteiger partial charge is 0.356 e. The summed E-state index contributed by atoms with van der Waals surface area (Å²) in [6, 6.07) is 17.8. The van der Waals surface area contributed by atoms with Crippen molar-refractivity contribution in [2.45, 2.75) is 26.3 Å². The molecule has 0 bridgehead atoms. The maximum atomic E-state index is 12.0. The summed E-state index contributed by atoms with van der Waals surface area (Å²) in [6.45, 7) is 3.50. The summed E-state index contributed by atoms with van der Waals surface area (Å²) in [5.41, 5.74) is 5.17. The van der Waals surface area contributed by atoms with Gasteiger partial charge in [-0.15, -0.1) is 24.0 Å². The number of hydrogen-bond acceptors (Lipinski definition) is 3. The van der Waals surface area contributed by atoms with Crippen molar-refractivity contribution in [3.63, 3.8) is 0 Å². The van der Waals surface area contributed by atoms with Gasteiger partial charge in [-0.25, -0.2) is 4.68 Å². The lowest BCUT2D eigenvalue weighted by Crippen LogP contribution is -2.37. The van der Waals surface area contributed by atoms with E-state index in [0.717, 1.165) is 42.3 Å². The predicted molar refractivity (Wildman–Crippen MR) is 145 cm³/mol. The smallest absolute Gasteiger partial charge is 0.253 e. The highest BCUT2D eigenvalue weighted by molar-refractivity contribution is 14.0. The molecule has 0 aliphatic carbocycles. The molecule has 0 aliphatic heterocycles. The number of para-hydroxylation sites is 1. The van der Waals surface area contributed by atoms with Gasteiger partial charge in [0, 0.05) is 46.0 Å². The van der Waals surface area contributed by atoms with Gasteiger partial charge >= 0.3 is 0 Å². The van der Waals surface area contributed by atoms with E-state index in [9.17, 15) is 4.79 Å². The van der Waals surface area contributed by atoms with Crippen LogP contribution in [0.3, 0.4) is 0 Å². The van der Waals surface area contributed by atoms with Gasteiger partial charge in [-0.1, -0.05) is 30.3 Å². The molecule has 2 N–H and O–H groups in total. The quantitative estimate of drug-likeness (QED) is 0.190. The average Bonchev–Trinajstić information content (AvgIpc) is 3.19. The second-order valence-electron chi connectivity index (χ2n) is 7.87. The third-order valence-corrected chi connectivity index (χ3v) is 5.23. The number of aliphatic imine (C=N–C) groups is 1. The zero-order valence-electron chi connectivity index (χ0n) is 19.7. The van der Waals surface area contributed by atoms with Crippen LogP contribution in [-0.2, 0) is 13.0 Å². The molecule has 0 spiro atoms. The number of amides is 1. The zero-order chi connectivity index (χ0) is 22.9. The van der Waals surface area contributed by atoms with Crippen LogP contribution in [-0.4, -0.2) is 54.2 Å². The van der Waals surface area contributed by atoms with Gasteiger partial charge in [0.1, 0.15) is 0 Å². The van der Waals surface area contributed by atoms with Gasteiger partial charge in [0.25, 0.3) is 5.91 Å². The highest BCUT2D eigenvalue weighted by Gasteiger charge is 2.08. The Morgan fingerprint density at radius 1 is 1.06 bits per heavy atom. The standard InChI is InChI=1S/C25H32N6O.HI/c1-19-22(18-31(29-19)23-10-6-5-7-11-23)9-8-16-27-25(26-2)28-17-20-12-14-21(15-13-20)24(32)30(3)4;/h5-7,10-15,18H,8-9,16-17H2,1-4H3,(H2,26,27,28);1H. The first kappa shape index (κ1) is 26.4. The molecule has 2 aromatic carbocycles. The Bertz CT molecular complexity index is 1040. The lowest BCUT2D eigenvalue weighted by molar-refractivity contribution is 0.0827. The molecule has 1 aromatic heterocycles. The molecule has 0 atom stereocenters. The summed E-state index contributed by atoms with van der Waals surface area (Å²) in [4.78, 5) is 17.9. The van der Waals surface area contributed by atoms with Gasteiger partial charge in [0.15, 0.2) is 5.96 Å². The Hall–Kier alpha value is -2.88. The second-order valence-corrected chi connectivity index (χ2v) is 7.87. The molecule has 0 saturated heterocycles. The molecule has 3 rings (SSSR count). The second kappa shape index (κ2) is 13.0. The summed E-state index contributed by atoms with van der Waals surface area (Å²) >= 11 is 0. The fourth-order valence-corrected chi connectivity index (χ4v) is 3.37. The Kier molecular flexibility index (Phi) is 10.4. The Morgan fingerprint density at radius 3 is 2.39 bits per heavy atom. The van der Waals surface area contributed by atoms with Crippen LogP contribution in [0.5, 0.6) is 0 Å². The van der Waals surface area contributed by atoms with Crippen LogP contribution in [0.4, 0.5) is 0 Å². The highest BCUT2D eigenvalue weighted by Crippen LogP contribution is 2.13. The number of carbonyl (C=O) groups is 1. The highest BCUT2D eigenvalue weighted by atomic mass is 127. The number of aryl methyl sites for hydroxylation is 2. The number of aromatic nitrogens is 2. The number of carbonyl (C=O) groups excluding carboxylic acids is 1. The minimum Gasteiger partial charge on any atom is -0.356 e. The molecule has 0 unspecified atom stereocenters. The molecule has 3 aromatic rings. The zero-order valence-corrected chi connectivity index (χ0v) is 22.0. The summed E-state index contributed by atoms with van der Waals surface area (Å²) in [5.74, 6) is 0.765. The van der Waals surface area contributed by atoms with Crippen LogP contribution in [0, 0.1) is 6.92 Å². The summed E-state index contributed by atoms with van der Waals surface area (Å²) in [5, 5.41) is 11.3. The van der Waals surface area contributed by atoms with E-state index in [4.69, 9.17) is 0 Å². The van der Waals surface area contributed by atoms with E-state index in [2.05, 4.69) is 46.0 Å². The maximum absolute atomic E-state index is 12.0. The molecule has 0 fully saturated rings. The number of guanidine groups is 1. The molecule has 7 nitrogen and oxygen atoms in total. The van der Waals surface area contributed by atoms with E-state index in [1.54, 1.807) is 26.0 Å². The Labute approximate surface area is 213 Å². The number of nitrogens with one attached hydrogen (secondary N) is 2. The van der Waals surface area contributed by atoms with Crippen molar-refractivity contribution in [3.8, 4) is 5.69 Å². The molecule has 176 valence electrons. The van der Waals surface area contributed by atoms with Gasteiger partial charge in [-0.3, -0.25) is 9.79 Å². The normalized spacial score (nSPS) is 11.0. The predicted octanol–water partition coefficient (Wildman–Crippen LogP) is 3.80.